The quantitative estimate of drug-likeness (QED) is 0.326. The molecule has 4 rings (SSSR count). The van der Waals surface area contributed by atoms with E-state index >= 15 is 0 Å². The molecule has 2 fully saturated rings. The number of nitro benzene ring substituents is 1. The number of piperidine rings is 1. The molecule has 1 aromatic rings. The largest absolute Gasteiger partial charge is 0.367 e. The van der Waals surface area contributed by atoms with Crippen molar-refractivity contribution in [3.63, 3.8) is 0 Å². The maximum Gasteiger partial charge on any atom is 0.269 e. The highest BCUT2D eigenvalue weighted by Gasteiger charge is 2.63. The molecule has 0 aliphatic carbocycles. The zero-order valence-corrected chi connectivity index (χ0v) is 17.4. The molecule has 0 bridgehead atoms. The summed E-state index contributed by atoms with van der Waals surface area (Å²) in [5.41, 5.74) is 0.252. The average Bonchev–Trinajstić information content (AvgIpc) is 2.72. The van der Waals surface area contributed by atoms with Gasteiger partial charge in [0.1, 0.15) is 0 Å². The molecule has 2 saturated heterocycles. The van der Waals surface area contributed by atoms with Crippen LogP contribution in [0, 0.1) is 15.5 Å². The summed E-state index contributed by atoms with van der Waals surface area (Å²) in [7, 11) is 0. The Balaban J connectivity index is 1.92. The Bertz CT molecular complexity index is 892. The fraction of sp³-hybridized carbons (Fsp3) is 0.550. The molecule has 1 spiro atoms. The van der Waals surface area contributed by atoms with E-state index in [-0.39, 0.29) is 35.1 Å². The monoisotopic (exact) mass is 416 g/mol. The number of hydrogen-bond donors (Lipinski definition) is 0. The lowest BCUT2D eigenvalue weighted by atomic mass is 9.65. The van der Waals surface area contributed by atoms with Gasteiger partial charge in [0.25, 0.3) is 5.69 Å². The number of carbonyl (C=O) groups excluding carboxylic acids is 2. The molecule has 3 aliphatic heterocycles. The lowest BCUT2D eigenvalue weighted by Crippen LogP contribution is -2.73. The predicted molar refractivity (Wildman–Crippen MR) is 112 cm³/mol. The summed E-state index contributed by atoms with van der Waals surface area (Å²) in [6, 6.07) is 4.51. The van der Waals surface area contributed by atoms with E-state index in [0.717, 1.165) is 31.5 Å². The summed E-state index contributed by atoms with van der Waals surface area (Å²) < 4.78 is 0. The van der Waals surface area contributed by atoms with Crippen LogP contribution in [0.25, 0.3) is 0 Å². The maximum atomic E-state index is 13.7. The number of nitrogens with zero attached hydrogens (tertiary/aromatic N) is 4. The highest BCUT2D eigenvalue weighted by atomic mass is 32.1. The normalized spacial score (nSPS) is 23.3. The number of amides is 2. The molecular weight excluding hydrogens is 392 g/mol. The van der Waals surface area contributed by atoms with Gasteiger partial charge in [0.05, 0.1) is 11.0 Å². The van der Waals surface area contributed by atoms with Gasteiger partial charge in [0.15, 0.2) is 10.5 Å². The van der Waals surface area contributed by atoms with E-state index in [4.69, 9.17) is 12.2 Å². The van der Waals surface area contributed by atoms with E-state index in [0.29, 0.717) is 18.7 Å². The Kier molecular flexibility index (Phi) is 4.80. The van der Waals surface area contributed by atoms with E-state index in [1.165, 1.54) is 21.9 Å². The summed E-state index contributed by atoms with van der Waals surface area (Å²) in [5, 5.41) is 11.6. The third-order valence-electron chi connectivity index (χ3n) is 6.47. The van der Waals surface area contributed by atoms with Crippen molar-refractivity contribution in [2.75, 3.05) is 24.5 Å². The van der Waals surface area contributed by atoms with Crippen molar-refractivity contribution in [2.24, 2.45) is 5.41 Å². The van der Waals surface area contributed by atoms with Gasteiger partial charge < -0.3 is 4.90 Å². The topological polar surface area (TPSA) is 87.0 Å². The number of thiocarbonyl (C=S) groups is 1. The molecule has 154 valence electrons. The number of non-ortho nitro benzene ring substituents is 1. The van der Waals surface area contributed by atoms with Crippen molar-refractivity contribution in [3.05, 3.63) is 33.9 Å². The molecule has 3 aliphatic rings. The van der Waals surface area contributed by atoms with Gasteiger partial charge in [-0.25, -0.2) is 0 Å². The molecule has 0 saturated carbocycles. The van der Waals surface area contributed by atoms with Crippen LogP contribution in [0.3, 0.4) is 0 Å². The van der Waals surface area contributed by atoms with Crippen LogP contribution in [0.4, 0.5) is 11.4 Å². The Hall–Kier alpha value is -2.55. The number of benzene rings is 1. The van der Waals surface area contributed by atoms with Gasteiger partial charge >= 0.3 is 0 Å². The van der Waals surface area contributed by atoms with Crippen LogP contribution in [0.15, 0.2) is 18.2 Å². The standard InChI is InChI=1S/C20H24N4O4S/c1-3-21-17(25)20(18(26)22(4-2)19(21)29)12-13-11-14(24(27)28)8-9-15(13)23-10-6-5-7-16(20)23/h8-9,11,16H,3-7,10,12H2,1-2H3/t16-/m0/s1. The molecule has 2 amide bonds. The van der Waals surface area contributed by atoms with E-state index in [1.54, 1.807) is 6.07 Å². The van der Waals surface area contributed by atoms with Gasteiger partial charge in [-0.2, -0.15) is 0 Å². The number of anilines is 1. The van der Waals surface area contributed by atoms with E-state index < -0.39 is 10.3 Å². The first-order valence-corrected chi connectivity index (χ1v) is 10.5. The van der Waals surface area contributed by atoms with Crippen molar-refractivity contribution in [3.8, 4) is 0 Å². The minimum atomic E-state index is -1.29. The van der Waals surface area contributed by atoms with Gasteiger partial charge in [-0.05, 0) is 57.0 Å². The Morgan fingerprint density at radius 3 is 2.41 bits per heavy atom. The Labute approximate surface area is 174 Å². The van der Waals surface area contributed by atoms with Crippen LogP contribution in [0.5, 0.6) is 0 Å². The second-order valence-electron chi connectivity index (χ2n) is 7.80. The predicted octanol–water partition coefficient (Wildman–Crippen LogP) is 2.49. The van der Waals surface area contributed by atoms with Gasteiger partial charge in [0, 0.05) is 43.9 Å². The van der Waals surface area contributed by atoms with Gasteiger partial charge in [-0.1, -0.05) is 0 Å². The summed E-state index contributed by atoms with van der Waals surface area (Å²) in [6.45, 7) is 5.19. The lowest BCUT2D eigenvalue weighted by Gasteiger charge is -2.56. The van der Waals surface area contributed by atoms with Crippen LogP contribution in [-0.4, -0.2) is 57.3 Å². The molecular formula is C20H24N4O4S. The van der Waals surface area contributed by atoms with E-state index in [1.807, 2.05) is 13.8 Å². The third kappa shape index (κ3) is 2.67. The molecule has 8 nitrogen and oxygen atoms in total. The van der Waals surface area contributed by atoms with E-state index in [2.05, 4.69) is 4.90 Å². The number of carbonyl (C=O) groups is 2. The first-order valence-electron chi connectivity index (χ1n) is 10.1. The third-order valence-corrected chi connectivity index (χ3v) is 6.91. The first kappa shape index (κ1) is 19.8. The summed E-state index contributed by atoms with van der Waals surface area (Å²) >= 11 is 5.44. The second kappa shape index (κ2) is 7.05. The minimum Gasteiger partial charge on any atom is -0.367 e. The fourth-order valence-electron chi connectivity index (χ4n) is 5.14. The maximum absolute atomic E-state index is 13.7. The van der Waals surface area contributed by atoms with Crippen molar-refractivity contribution >= 4 is 40.5 Å². The number of nitro groups is 1. The molecule has 0 N–H and O–H groups in total. The van der Waals surface area contributed by atoms with Crippen molar-refractivity contribution < 1.29 is 14.5 Å². The average molecular weight is 417 g/mol. The second-order valence-corrected chi connectivity index (χ2v) is 8.17. The Morgan fingerprint density at radius 1 is 1.17 bits per heavy atom. The molecule has 0 unspecified atom stereocenters. The SMILES string of the molecule is CCN1C(=O)C2(Cc3cc([N+](=O)[O-])ccc3N3CCCC[C@H]32)C(=O)N(CC)C1=S. The van der Waals surface area contributed by atoms with Crippen LogP contribution in [-0.2, 0) is 16.0 Å². The van der Waals surface area contributed by atoms with Crippen LogP contribution < -0.4 is 4.90 Å². The molecule has 3 heterocycles. The van der Waals surface area contributed by atoms with Crippen molar-refractivity contribution in [2.45, 2.75) is 45.6 Å². The Morgan fingerprint density at radius 2 is 1.83 bits per heavy atom. The number of hydrogen-bond acceptors (Lipinski definition) is 6. The van der Waals surface area contributed by atoms with Crippen molar-refractivity contribution in [1.29, 1.82) is 0 Å². The number of rotatable bonds is 3. The zero-order valence-electron chi connectivity index (χ0n) is 16.6. The van der Waals surface area contributed by atoms with Gasteiger partial charge in [0.2, 0.25) is 11.8 Å². The molecule has 9 heteroatoms. The van der Waals surface area contributed by atoms with Crippen molar-refractivity contribution in [1.82, 2.24) is 9.80 Å². The zero-order chi connectivity index (χ0) is 20.9. The molecule has 0 aromatic heterocycles. The number of fused-ring (bicyclic) bond motifs is 4. The molecule has 1 atom stereocenters. The van der Waals surface area contributed by atoms with Crippen LogP contribution >= 0.6 is 12.2 Å². The highest BCUT2D eigenvalue weighted by molar-refractivity contribution is 7.80. The highest BCUT2D eigenvalue weighted by Crippen LogP contribution is 2.49. The first-order chi connectivity index (χ1) is 13.9. The van der Waals surface area contributed by atoms with Gasteiger partial charge in [-0.3, -0.25) is 29.5 Å². The minimum absolute atomic E-state index is 0.0275. The van der Waals surface area contributed by atoms with E-state index in [9.17, 15) is 19.7 Å². The molecule has 0 radical (unpaired) electrons. The summed E-state index contributed by atoms with van der Waals surface area (Å²) in [5.74, 6) is -0.539. The summed E-state index contributed by atoms with van der Waals surface area (Å²) in [4.78, 5) is 43.5. The molecule has 1 aromatic carbocycles. The smallest absolute Gasteiger partial charge is 0.269 e. The summed E-state index contributed by atoms with van der Waals surface area (Å²) in [6.07, 6.45) is 2.79. The van der Waals surface area contributed by atoms with Gasteiger partial charge in [-0.15, -0.1) is 0 Å². The molecule has 29 heavy (non-hydrogen) atoms. The fourth-order valence-corrected chi connectivity index (χ4v) is 5.57. The van der Waals surface area contributed by atoms with Crippen LogP contribution in [0.2, 0.25) is 0 Å². The lowest BCUT2D eigenvalue weighted by molar-refractivity contribution is -0.384. The van der Waals surface area contributed by atoms with Crippen LogP contribution in [0.1, 0.15) is 38.7 Å².